The Morgan fingerprint density at radius 1 is 1.24 bits per heavy atom. The molecule has 2 aromatic heterocycles. The van der Waals surface area contributed by atoms with E-state index >= 15 is 0 Å². The largest absolute Gasteiger partial charge is 0.495 e. The number of guanidine groups is 1. The molecule has 1 atom stereocenters. The van der Waals surface area contributed by atoms with Crippen molar-refractivity contribution in [2.45, 2.75) is 32.2 Å². The first-order valence-electron chi connectivity index (χ1n) is 11.4. The van der Waals surface area contributed by atoms with Gasteiger partial charge in [0.2, 0.25) is 0 Å². The quantitative estimate of drug-likeness (QED) is 0.239. The maximum absolute atomic E-state index is 5.56. The Kier molecular flexibility index (Phi) is 9.92. The number of rotatable bonds is 8. The fourth-order valence-corrected chi connectivity index (χ4v) is 3.93. The highest BCUT2D eigenvalue weighted by atomic mass is 127. The maximum atomic E-state index is 5.56. The molecular formula is C24H32IN7O2. The molecular weight excluding hydrogens is 545 g/mol. The molecule has 1 fully saturated rings. The van der Waals surface area contributed by atoms with E-state index in [4.69, 9.17) is 14.3 Å². The second kappa shape index (κ2) is 13.1. The number of para-hydroxylation sites is 2. The summed E-state index contributed by atoms with van der Waals surface area (Å²) in [4.78, 5) is 15.8. The number of hydrogen-bond donors (Lipinski definition) is 2. The number of hydrogen-bond acceptors (Lipinski definition) is 7. The number of nitrogens with zero attached hydrogens (tertiary/aromatic N) is 5. The minimum atomic E-state index is 0. The van der Waals surface area contributed by atoms with Crippen LogP contribution in [0.5, 0.6) is 5.75 Å². The number of nitrogens with one attached hydrogen (secondary N) is 2. The Hall–Kier alpha value is -2.89. The fourth-order valence-electron chi connectivity index (χ4n) is 3.93. The van der Waals surface area contributed by atoms with Crippen molar-refractivity contribution in [3.8, 4) is 17.3 Å². The van der Waals surface area contributed by atoms with E-state index in [1.165, 1.54) is 0 Å². The normalized spacial score (nSPS) is 16.0. The summed E-state index contributed by atoms with van der Waals surface area (Å²) >= 11 is 0. The number of ether oxygens (including phenoxy) is 1. The highest BCUT2D eigenvalue weighted by Crippen LogP contribution is 2.29. The number of piperidine rings is 1. The Balaban J connectivity index is 0.00000324. The molecule has 0 bridgehead atoms. The third-order valence-corrected chi connectivity index (χ3v) is 5.49. The van der Waals surface area contributed by atoms with Crippen LogP contribution in [0.2, 0.25) is 0 Å². The van der Waals surface area contributed by atoms with E-state index in [-0.39, 0.29) is 24.0 Å². The number of anilines is 1. The van der Waals surface area contributed by atoms with Crippen molar-refractivity contribution in [3.05, 3.63) is 54.5 Å². The fraction of sp³-hybridized carbons (Fsp3) is 0.417. The predicted molar refractivity (Wildman–Crippen MR) is 144 cm³/mol. The summed E-state index contributed by atoms with van der Waals surface area (Å²) in [6, 6.07) is 14.1. The van der Waals surface area contributed by atoms with Crippen molar-refractivity contribution < 1.29 is 9.26 Å². The van der Waals surface area contributed by atoms with E-state index in [2.05, 4.69) is 49.7 Å². The lowest BCUT2D eigenvalue weighted by molar-refractivity contribution is 0.408. The van der Waals surface area contributed by atoms with Crippen molar-refractivity contribution in [1.29, 1.82) is 0 Å². The molecule has 1 unspecified atom stereocenters. The van der Waals surface area contributed by atoms with Gasteiger partial charge in [-0.05, 0) is 44.0 Å². The molecule has 0 saturated carbocycles. The van der Waals surface area contributed by atoms with Gasteiger partial charge in [-0.1, -0.05) is 23.4 Å². The van der Waals surface area contributed by atoms with Crippen LogP contribution in [0.1, 0.15) is 25.6 Å². The van der Waals surface area contributed by atoms with Crippen LogP contribution >= 0.6 is 24.0 Å². The van der Waals surface area contributed by atoms with E-state index in [1.54, 1.807) is 13.3 Å². The number of aromatic nitrogens is 3. The van der Waals surface area contributed by atoms with Gasteiger partial charge >= 0.3 is 0 Å². The summed E-state index contributed by atoms with van der Waals surface area (Å²) < 4.78 is 10.9. The zero-order chi connectivity index (χ0) is 22.9. The molecule has 1 aliphatic rings. The van der Waals surface area contributed by atoms with Gasteiger partial charge in [0, 0.05) is 44.8 Å². The average Bonchev–Trinajstić information content (AvgIpc) is 3.34. The molecule has 0 aliphatic carbocycles. The van der Waals surface area contributed by atoms with Crippen LogP contribution in [-0.2, 0) is 6.42 Å². The topological polar surface area (TPSA) is 101 Å². The minimum absolute atomic E-state index is 0. The minimum Gasteiger partial charge on any atom is -0.495 e. The molecule has 0 amide bonds. The first-order chi connectivity index (χ1) is 16.3. The van der Waals surface area contributed by atoms with Gasteiger partial charge in [0.25, 0.3) is 5.89 Å². The molecule has 0 radical (unpaired) electrons. The molecule has 1 aromatic carbocycles. The van der Waals surface area contributed by atoms with Crippen LogP contribution in [0.25, 0.3) is 11.6 Å². The third kappa shape index (κ3) is 6.81. The van der Waals surface area contributed by atoms with E-state index in [0.29, 0.717) is 36.4 Å². The van der Waals surface area contributed by atoms with E-state index in [9.17, 15) is 0 Å². The first kappa shape index (κ1) is 25.7. The lowest BCUT2D eigenvalue weighted by Gasteiger charge is -2.36. The predicted octanol–water partition coefficient (Wildman–Crippen LogP) is 3.52. The zero-order valence-corrected chi connectivity index (χ0v) is 21.9. The van der Waals surface area contributed by atoms with Crippen molar-refractivity contribution in [3.63, 3.8) is 0 Å². The van der Waals surface area contributed by atoms with Crippen molar-refractivity contribution in [2.75, 3.05) is 38.2 Å². The average molecular weight is 577 g/mol. The second-order valence-corrected chi connectivity index (χ2v) is 7.84. The molecule has 1 saturated heterocycles. The second-order valence-electron chi connectivity index (χ2n) is 7.84. The molecule has 0 spiro atoms. The molecule has 182 valence electrons. The molecule has 34 heavy (non-hydrogen) atoms. The molecule has 2 N–H and O–H groups in total. The van der Waals surface area contributed by atoms with Crippen LogP contribution in [0, 0.1) is 0 Å². The maximum Gasteiger partial charge on any atom is 0.276 e. The molecule has 9 nitrogen and oxygen atoms in total. The van der Waals surface area contributed by atoms with Crippen LogP contribution in [0.4, 0.5) is 5.69 Å². The van der Waals surface area contributed by atoms with E-state index in [1.807, 2.05) is 30.3 Å². The number of pyridine rings is 1. The molecule has 3 heterocycles. The Labute approximate surface area is 217 Å². The van der Waals surface area contributed by atoms with E-state index < -0.39 is 0 Å². The number of benzene rings is 1. The Morgan fingerprint density at radius 3 is 2.88 bits per heavy atom. The Morgan fingerprint density at radius 2 is 2.09 bits per heavy atom. The van der Waals surface area contributed by atoms with Gasteiger partial charge in [-0.3, -0.25) is 9.98 Å². The van der Waals surface area contributed by atoms with Crippen LogP contribution in [-0.4, -0.2) is 60.4 Å². The number of aliphatic imine (C=N–C) groups is 1. The van der Waals surface area contributed by atoms with Crippen LogP contribution in [0.15, 0.2) is 58.2 Å². The van der Waals surface area contributed by atoms with Gasteiger partial charge in [-0.15, -0.1) is 24.0 Å². The number of halogens is 1. The van der Waals surface area contributed by atoms with Crippen LogP contribution in [0.3, 0.4) is 0 Å². The zero-order valence-electron chi connectivity index (χ0n) is 19.6. The standard InChI is InChI=1S/C24H31N7O2.HI/c1-3-25-24(27-15-13-22-29-23(33-30-22)19-10-6-7-14-26-19)28-18-9-8-16-31(17-18)20-11-4-5-12-21(20)32-2;/h4-7,10-12,14,18H,3,8-9,13,15-17H2,1-2H3,(H2,25,27,28);1H. The summed E-state index contributed by atoms with van der Waals surface area (Å²) in [5.74, 6) is 2.76. The smallest absolute Gasteiger partial charge is 0.276 e. The molecule has 1 aliphatic heterocycles. The molecule has 10 heteroatoms. The van der Waals surface area contributed by atoms with Crippen molar-refractivity contribution in [2.24, 2.45) is 4.99 Å². The first-order valence-corrected chi connectivity index (χ1v) is 11.4. The SMILES string of the molecule is CCNC(=NCCc1noc(-c2ccccn2)n1)NC1CCCN(c2ccccc2OC)C1.I. The third-order valence-electron chi connectivity index (χ3n) is 5.49. The van der Waals surface area contributed by atoms with Crippen molar-refractivity contribution >= 4 is 35.6 Å². The summed E-state index contributed by atoms with van der Waals surface area (Å²) in [6.07, 6.45) is 4.49. The van der Waals surface area contributed by atoms with E-state index in [0.717, 1.165) is 49.9 Å². The lowest BCUT2D eigenvalue weighted by Crippen LogP contribution is -2.51. The lowest BCUT2D eigenvalue weighted by atomic mass is 10.0. The van der Waals surface area contributed by atoms with Gasteiger partial charge in [-0.2, -0.15) is 4.98 Å². The summed E-state index contributed by atoms with van der Waals surface area (Å²) in [7, 11) is 1.72. The molecule has 3 aromatic rings. The molecule has 4 rings (SSSR count). The summed E-state index contributed by atoms with van der Waals surface area (Å²) in [5.41, 5.74) is 1.81. The van der Waals surface area contributed by atoms with Gasteiger partial charge in [-0.25, -0.2) is 0 Å². The highest BCUT2D eigenvalue weighted by molar-refractivity contribution is 14.0. The summed E-state index contributed by atoms with van der Waals surface area (Å²) in [5, 5.41) is 11.0. The van der Waals surface area contributed by atoms with Gasteiger partial charge in [0.15, 0.2) is 11.8 Å². The highest BCUT2D eigenvalue weighted by Gasteiger charge is 2.22. The monoisotopic (exact) mass is 577 g/mol. The van der Waals surface area contributed by atoms with Gasteiger partial charge in [0.1, 0.15) is 11.4 Å². The Bertz CT molecular complexity index is 1040. The van der Waals surface area contributed by atoms with Gasteiger partial charge < -0.3 is 24.8 Å². The van der Waals surface area contributed by atoms with Crippen molar-refractivity contribution in [1.82, 2.24) is 25.8 Å². The van der Waals surface area contributed by atoms with Gasteiger partial charge in [0.05, 0.1) is 12.8 Å². The summed E-state index contributed by atoms with van der Waals surface area (Å²) in [6.45, 7) is 5.32. The van der Waals surface area contributed by atoms with Crippen LogP contribution < -0.4 is 20.3 Å². The number of methoxy groups -OCH3 is 1.